The highest BCUT2D eigenvalue weighted by atomic mass is 16.6. The predicted octanol–water partition coefficient (Wildman–Crippen LogP) is 5.23. The zero-order chi connectivity index (χ0) is 38.2. The van der Waals surface area contributed by atoms with Crippen molar-refractivity contribution in [2.45, 2.75) is 38.4 Å². The third-order valence-corrected chi connectivity index (χ3v) is 9.97. The number of hydrogen-bond donors (Lipinski definition) is 1. The molecule has 4 amide bonds. The molecule has 12 nitrogen and oxygen atoms in total. The quantitative estimate of drug-likeness (QED) is 0.0983. The second-order valence-electron chi connectivity index (χ2n) is 13.1. The molecule has 288 valence electrons. The van der Waals surface area contributed by atoms with Gasteiger partial charge in [-0.2, -0.15) is 0 Å². The summed E-state index contributed by atoms with van der Waals surface area (Å²) in [6.07, 6.45) is -1.05. The van der Waals surface area contributed by atoms with Crippen LogP contribution in [0.2, 0.25) is 0 Å². The highest BCUT2D eigenvalue weighted by molar-refractivity contribution is 6.21. The van der Waals surface area contributed by atoms with Crippen molar-refractivity contribution < 1.29 is 42.9 Å². The standard InChI is InChI=1S/C42H43N3O9.CH4/c1-43-37(46)21-22-39(48)54-36-26-44(38(47)23-24-45-40(49)34-11-7-8-12-35(34)41(45)50)25-28(36)27-53-42(29-9-5-4-6-10-29,30-13-17-32(51-2)18-14-30)31-15-19-33(52-3)20-16-31;/h4-20,28,36H,21-27H2,1-3H3,(H,43,46);1H4. The highest BCUT2D eigenvalue weighted by Gasteiger charge is 2.43. The Morgan fingerprint density at radius 3 is 1.76 bits per heavy atom. The number of amides is 4. The first-order valence-corrected chi connectivity index (χ1v) is 17.8. The molecular weight excluding hydrogens is 702 g/mol. The number of carbonyl (C=O) groups is 5. The van der Waals surface area contributed by atoms with E-state index in [4.69, 9.17) is 18.9 Å². The van der Waals surface area contributed by atoms with Crippen LogP contribution in [0.4, 0.5) is 0 Å². The van der Waals surface area contributed by atoms with Crippen LogP contribution in [0.25, 0.3) is 0 Å². The summed E-state index contributed by atoms with van der Waals surface area (Å²) in [5.41, 5.74) is 1.93. The number of fused-ring (bicyclic) bond motifs is 1. The SMILES string of the molecule is C.CNC(=O)CCC(=O)OC1CN(C(=O)CCN2C(=O)c3ccccc3C2=O)CC1COC(c1ccccc1)(c1ccc(OC)cc1)c1ccc(OC)cc1. The fraction of sp³-hybridized carbons (Fsp3) is 0.326. The summed E-state index contributed by atoms with van der Waals surface area (Å²) in [5.74, 6) is -1.18. The molecule has 4 aromatic carbocycles. The number of carbonyl (C=O) groups excluding carboxylic acids is 5. The van der Waals surface area contributed by atoms with Gasteiger partial charge in [-0.1, -0.05) is 74.2 Å². The van der Waals surface area contributed by atoms with E-state index in [1.165, 1.54) is 7.05 Å². The maximum atomic E-state index is 13.7. The van der Waals surface area contributed by atoms with Crippen molar-refractivity contribution >= 4 is 29.6 Å². The van der Waals surface area contributed by atoms with Gasteiger partial charge in [0, 0.05) is 38.9 Å². The molecule has 2 atom stereocenters. The number of nitrogens with zero attached hydrogens (tertiary/aromatic N) is 2. The maximum Gasteiger partial charge on any atom is 0.306 e. The monoisotopic (exact) mass is 749 g/mol. The van der Waals surface area contributed by atoms with Gasteiger partial charge in [0.05, 0.1) is 44.9 Å². The number of nitrogens with one attached hydrogen (secondary N) is 1. The van der Waals surface area contributed by atoms with E-state index < -0.39 is 35.4 Å². The van der Waals surface area contributed by atoms with Crippen molar-refractivity contribution in [2.24, 2.45) is 5.92 Å². The molecule has 1 fully saturated rings. The number of methoxy groups -OCH3 is 2. The minimum absolute atomic E-state index is 0. The fourth-order valence-corrected chi connectivity index (χ4v) is 7.02. The Balaban J connectivity index is 0.00000580. The number of imide groups is 1. The predicted molar refractivity (Wildman–Crippen MR) is 205 cm³/mol. The molecule has 1 saturated heterocycles. The van der Waals surface area contributed by atoms with E-state index in [2.05, 4.69) is 5.32 Å². The molecule has 2 heterocycles. The van der Waals surface area contributed by atoms with Gasteiger partial charge in [0.2, 0.25) is 11.8 Å². The van der Waals surface area contributed by atoms with Crippen molar-refractivity contribution in [3.05, 3.63) is 131 Å². The van der Waals surface area contributed by atoms with Crippen molar-refractivity contribution in [2.75, 3.05) is 47.5 Å². The Bertz CT molecular complexity index is 1900. The average molecular weight is 750 g/mol. The van der Waals surface area contributed by atoms with Crippen molar-refractivity contribution in [1.82, 2.24) is 15.1 Å². The lowest BCUT2D eigenvalue weighted by Gasteiger charge is -2.37. The molecule has 2 unspecified atom stereocenters. The van der Waals surface area contributed by atoms with Crippen LogP contribution in [-0.2, 0) is 29.5 Å². The van der Waals surface area contributed by atoms with Gasteiger partial charge in [-0.15, -0.1) is 0 Å². The van der Waals surface area contributed by atoms with Gasteiger partial charge in [-0.05, 0) is 53.1 Å². The topological polar surface area (TPSA) is 141 Å². The lowest BCUT2D eigenvalue weighted by atomic mass is 9.80. The van der Waals surface area contributed by atoms with E-state index in [0.717, 1.165) is 21.6 Å². The molecule has 2 aliphatic rings. The first-order chi connectivity index (χ1) is 26.2. The summed E-state index contributed by atoms with van der Waals surface area (Å²) < 4.78 is 24.0. The summed E-state index contributed by atoms with van der Waals surface area (Å²) in [4.78, 5) is 67.3. The molecular formula is C43H47N3O9. The summed E-state index contributed by atoms with van der Waals surface area (Å²) >= 11 is 0. The van der Waals surface area contributed by atoms with Crippen LogP contribution in [0.5, 0.6) is 11.5 Å². The third-order valence-electron chi connectivity index (χ3n) is 9.97. The van der Waals surface area contributed by atoms with E-state index >= 15 is 0 Å². The second-order valence-corrected chi connectivity index (χ2v) is 13.1. The molecule has 0 spiro atoms. The molecule has 1 N–H and O–H groups in total. The van der Waals surface area contributed by atoms with Gasteiger partial charge in [0.15, 0.2) is 0 Å². The lowest BCUT2D eigenvalue weighted by molar-refractivity contribution is -0.153. The molecule has 0 aromatic heterocycles. The minimum atomic E-state index is -1.16. The van der Waals surface area contributed by atoms with Crippen LogP contribution in [0, 0.1) is 5.92 Å². The number of rotatable bonds is 15. The van der Waals surface area contributed by atoms with E-state index in [0.29, 0.717) is 22.6 Å². The van der Waals surface area contributed by atoms with Gasteiger partial charge < -0.3 is 29.2 Å². The van der Waals surface area contributed by atoms with Crippen LogP contribution in [0.1, 0.15) is 64.1 Å². The molecule has 2 aliphatic heterocycles. The van der Waals surface area contributed by atoms with Crippen LogP contribution >= 0.6 is 0 Å². The minimum Gasteiger partial charge on any atom is -0.497 e. The molecule has 6 rings (SSSR count). The Morgan fingerprint density at radius 1 is 0.709 bits per heavy atom. The first-order valence-electron chi connectivity index (χ1n) is 17.8. The van der Waals surface area contributed by atoms with Gasteiger partial charge in [-0.3, -0.25) is 28.9 Å². The summed E-state index contributed by atoms with van der Waals surface area (Å²) in [5, 5.41) is 2.50. The van der Waals surface area contributed by atoms with E-state index in [-0.39, 0.29) is 64.7 Å². The van der Waals surface area contributed by atoms with Gasteiger partial charge in [-0.25, -0.2) is 0 Å². The first kappa shape index (κ1) is 40.2. The molecule has 12 heteroatoms. The fourth-order valence-electron chi connectivity index (χ4n) is 7.02. The summed E-state index contributed by atoms with van der Waals surface area (Å²) in [6, 6.07) is 31.5. The Morgan fingerprint density at radius 2 is 1.24 bits per heavy atom. The number of ether oxygens (including phenoxy) is 4. The Kier molecular flexibility index (Phi) is 13.1. The van der Waals surface area contributed by atoms with Crippen LogP contribution in [0.3, 0.4) is 0 Å². The van der Waals surface area contributed by atoms with Crippen molar-refractivity contribution in [1.29, 1.82) is 0 Å². The van der Waals surface area contributed by atoms with Crippen molar-refractivity contribution in [3.8, 4) is 11.5 Å². The lowest BCUT2D eigenvalue weighted by Crippen LogP contribution is -2.37. The molecule has 0 aliphatic carbocycles. The summed E-state index contributed by atoms with van der Waals surface area (Å²) in [6.45, 7) is 0.225. The van der Waals surface area contributed by atoms with E-state index in [1.54, 1.807) is 43.4 Å². The van der Waals surface area contributed by atoms with Gasteiger partial charge in [0.1, 0.15) is 23.2 Å². The molecule has 0 radical (unpaired) electrons. The van der Waals surface area contributed by atoms with E-state index in [9.17, 15) is 24.0 Å². The average Bonchev–Trinajstić information content (AvgIpc) is 3.73. The summed E-state index contributed by atoms with van der Waals surface area (Å²) in [7, 11) is 4.69. The molecule has 4 aromatic rings. The maximum absolute atomic E-state index is 13.7. The largest absolute Gasteiger partial charge is 0.497 e. The smallest absolute Gasteiger partial charge is 0.306 e. The zero-order valence-electron chi connectivity index (χ0n) is 30.5. The highest BCUT2D eigenvalue weighted by Crippen LogP contribution is 2.42. The van der Waals surface area contributed by atoms with Crippen LogP contribution in [-0.4, -0.2) is 93.0 Å². The number of hydrogen-bond acceptors (Lipinski definition) is 9. The van der Waals surface area contributed by atoms with Gasteiger partial charge in [0.25, 0.3) is 11.8 Å². The van der Waals surface area contributed by atoms with Crippen LogP contribution in [0.15, 0.2) is 103 Å². The molecule has 55 heavy (non-hydrogen) atoms. The second kappa shape index (κ2) is 17.9. The van der Waals surface area contributed by atoms with Crippen molar-refractivity contribution in [3.63, 3.8) is 0 Å². The Hall–Kier alpha value is -6.01. The zero-order valence-corrected chi connectivity index (χ0v) is 30.5. The van der Waals surface area contributed by atoms with Crippen LogP contribution < -0.4 is 14.8 Å². The molecule has 0 bridgehead atoms. The normalized spacial score (nSPS) is 16.3. The number of likely N-dealkylation sites (tertiary alicyclic amines) is 1. The molecule has 0 saturated carbocycles. The third kappa shape index (κ3) is 8.54. The number of benzene rings is 4. The Labute approximate surface area is 321 Å². The van der Waals surface area contributed by atoms with E-state index in [1.807, 2.05) is 78.9 Å². The van der Waals surface area contributed by atoms with Gasteiger partial charge >= 0.3 is 5.97 Å². The number of esters is 1.